The molecule has 0 bridgehead atoms. The SMILES string of the molecule is CCc1ccc(-n2c(C)cc(/C=C3\C(=O)NC(=O)N(c4ccncc4)C3=O)c2C)cc1. The molecule has 3 aromatic rings. The summed E-state index contributed by atoms with van der Waals surface area (Å²) in [5, 5.41) is 2.25. The number of hydrogen-bond donors (Lipinski definition) is 1. The van der Waals surface area contributed by atoms with Crippen molar-refractivity contribution in [3.05, 3.63) is 82.9 Å². The van der Waals surface area contributed by atoms with E-state index in [1.165, 1.54) is 36.2 Å². The fraction of sp³-hybridized carbons (Fsp3) is 0.167. The summed E-state index contributed by atoms with van der Waals surface area (Å²) in [6.07, 6.45) is 5.46. The molecule has 7 heteroatoms. The van der Waals surface area contributed by atoms with Gasteiger partial charge in [-0.15, -0.1) is 0 Å². The Morgan fingerprint density at radius 2 is 1.65 bits per heavy atom. The van der Waals surface area contributed by atoms with Crippen LogP contribution in [0.15, 0.2) is 60.4 Å². The Hall–Kier alpha value is -4.00. The first-order valence-electron chi connectivity index (χ1n) is 10.0. The van der Waals surface area contributed by atoms with Crippen LogP contribution in [0, 0.1) is 13.8 Å². The summed E-state index contributed by atoms with van der Waals surface area (Å²) in [4.78, 5) is 42.7. The van der Waals surface area contributed by atoms with E-state index in [0.29, 0.717) is 5.69 Å². The minimum atomic E-state index is -0.778. The molecule has 3 heterocycles. The van der Waals surface area contributed by atoms with Crippen LogP contribution >= 0.6 is 0 Å². The maximum Gasteiger partial charge on any atom is 0.335 e. The number of imide groups is 2. The Kier molecular flexibility index (Phi) is 5.25. The van der Waals surface area contributed by atoms with Gasteiger partial charge in [0.2, 0.25) is 0 Å². The molecule has 0 spiro atoms. The van der Waals surface area contributed by atoms with Gasteiger partial charge >= 0.3 is 6.03 Å². The Bertz CT molecular complexity index is 1210. The minimum absolute atomic E-state index is 0.0991. The molecule has 1 aliphatic heterocycles. The lowest BCUT2D eigenvalue weighted by Crippen LogP contribution is -2.54. The standard InChI is InChI=1S/C24H22N4O3/c1-4-17-5-7-19(8-6-17)27-15(2)13-18(16(27)3)14-21-22(29)26-24(31)28(23(21)30)20-9-11-25-12-10-20/h5-14H,4H2,1-3H3,(H,26,29,31)/b21-14+. The number of rotatable bonds is 4. The predicted octanol–water partition coefficient (Wildman–Crippen LogP) is 3.72. The second kappa shape index (κ2) is 8.02. The van der Waals surface area contributed by atoms with Crippen molar-refractivity contribution in [1.29, 1.82) is 0 Å². The Labute approximate surface area is 180 Å². The quantitative estimate of drug-likeness (QED) is 0.521. The fourth-order valence-electron chi connectivity index (χ4n) is 3.75. The van der Waals surface area contributed by atoms with Crippen molar-refractivity contribution in [1.82, 2.24) is 14.9 Å². The molecule has 4 amide bonds. The number of anilines is 1. The van der Waals surface area contributed by atoms with Crippen molar-refractivity contribution in [3.63, 3.8) is 0 Å². The van der Waals surface area contributed by atoms with Gasteiger partial charge in [-0.05, 0) is 67.8 Å². The van der Waals surface area contributed by atoms with Crippen molar-refractivity contribution in [2.45, 2.75) is 27.2 Å². The van der Waals surface area contributed by atoms with Crippen LogP contribution in [0.25, 0.3) is 11.8 Å². The van der Waals surface area contributed by atoms with Gasteiger partial charge in [0.05, 0.1) is 5.69 Å². The average Bonchev–Trinajstić information content (AvgIpc) is 3.04. The summed E-state index contributed by atoms with van der Waals surface area (Å²) < 4.78 is 2.07. The number of aromatic nitrogens is 2. The van der Waals surface area contributed by atoms with E-state index in [9.17, 15) is 14.4 Å². The zero-order valence-electron chi connectivity index (χ0n) is 17.5. The van der Waals surface area contributed by atoms with Crippen molar-refractivity contribution >= 4 is 29.6 Å². The second-order valence-electron chi connectivity index (χ2n) is 7.35. The van der Waals surface area contributed by atoms with Crippen LogP contribution in [-0.2, 0) is 16.0 Å². The number of nitrogens with zero attached hydrogens (tertiary/aromatic N) is 3. The molecule has 31 heavy (non-hydrogen) atoms. The highest BCUT2D eigenvalue weighted by Gasteiger charge is 2.37. The van der Waals surface area contributed by atoms with E-state index >= 15 is 0 Å². The zero-order chi connectivity index (χ0) is 22.1. The maximum atomic E-state index is 13.0. The minimum Gasteiger partial charge on any atom is -0.318 e. The van der Waals surface area contributed by atoms with Crippen molar-refractivity contribution in [2.75, 3.05) is 4.90 Å². The Balaban J connectivity index is 1.74. The molecule has 1 aliphatic rings. The molecule has 0 saturated carbocycles. The summed E-state index contributed by atoms with van der Waals surface area (Å²) in [6.45, 7) is 6.01. The van der Waals surface area contributed by atoms with Gasteiger partial charge in [-0.1, -0.05) is 19.1 Å². The number of barbiturate groups is 1. The van der Waals surface area contributed by atoms with Crippen LogP contribution in [0.2, 0.25) is 0 Å². The molecule has 0 unspecified atom stereocenters. The fourth-order valence-corrected chi connectivity index (χ4v) is 3.75. The van der Waals surface area contributed by atoms with Crippen LogP contribution in [0.4, 0.5) is 10.5 Å². The normalized spacial score (nSPS) is 15.5. The van der Waals surface area contributed by atoms with E-state index in [1.54, 1.807) is 0 Å². The van der Waals surface area contributed by atoms with Crippen LogP contribution in [0.3, 0.4) is 0 Å². The molecular formula is C24H22N4O3. The molecule has 0 radical (unpaired) electrons. The van der Waals surface area contributed by atoms with Gasteiger partial charge in [-0.2, -0.15) is 0 Å². The largest absolute Gasteiger partial charge is 0.335 e. The Morgan fingerprint density at radius 3 is 2.29 bits per heavy atom. The van der Waals surface area contributed by atoms with Crippen LogP contribution < -0.4 is 10.2 Å². The molecule has 0 atom stereocenters. The molecule has 4 rings (SSSR count). The van der Waals surface area contributed by atoms with Crippen LogP contribution in [0.1, 0.15) is 29.4 Å². The number of nitrogens with one attached hydrogen (secondary N) is 1. The van der Waals surface area contributed by atoms with Gasteiger partial charge in [0, 0.05) is 29.5 Å². The number of carbonyl (C=O) groups is 3. The molecule has 1 saturated heterocycles. The molecule has 1 N–H and O–H groups in total. The van der Waals surface area contributed by atoms with Crippen molar-refractivity contribution < 1.29 is 14.4 Å². The van der Waals surface area contributed by atoms with Crippen molar-refractivity contribution in [3.8, 4) is 5.69 Å². The molecule has 1 aromatic carbocycles. The first kappa shape index (κ1) is 20.3. The maximum absolute atomic E-state index is 13.0. The van der Waals surface area contributed by atoms with E-state index in [4.69, 9.17) is 0 Å². The van der Waals surface area contributed by atoms with Gasteiger partial charge in [0.15, 0.2) is 0 Å². The molecule has 0 aliphatic carbocycles. The average molecular weight is 414 g/mol. The van der Waals surface area contributed by atoms with Gasteiger partial charge in [0.1, 0.15) is 5.57 Å². The molecule has 7 nitrogen and oxygen atoms in total. The first-order valence-corrected chi connectivity index (χ1v) is 10.0. The number of hydrogen-bond acceptors (Lipinski definition) is 4. The van der Waals surface area contributed by atoms with Crippen LogP contribution in [0.5, 0.6) is 0 Å². The molecule has 2 aromatic heterocycles. The summed E-state index contributed by atoms with van der Waals surface area (Å²) in [7, 11) is 0. The van der Waals surface area contributed by atoms with E-state index in [-0.39, 0.29) is 5.57 Å². The number of pyridine rings is 1. The lowest BCUT2D eigenvalue weighted by atomic mass is 10.1. The zero-order valence-corrected chi connectivity index (χ0v) is 17.5. The monoisotopic (exact) mass is 414 g/mol. The summed E-state index contributed by atoms with van der Waals surface area (Å²) in [5.41, 5.74) is 5.10. The highest BCUT2D eigenvalue weighted by atomic mass is 16.2. The van der Waals surface area contributed by atoms with Gasteiger partial charge in [0.25, 0.3) is 11.8 Å². The Morgan fingerprint density at radius 1 is 0.968 bits per heavy atom. The molecule has 1 fully saturated rings. The topological polar surface area (TPSA) is 84.3 Å². The number of amides is 4. The summed E-state index contributed by atoms with van der Waals surface area (Å²) in [5.74, 6) is -1.38. The third kappa shape index (κ3) is 3.66. The molecule has 156 valence electrons. The summed E-state index contributed by atoms with van der Waals surface area (Å²) >= 11 is 0. The van der Waals surface area contributed by atoms with E-state index in [2.05, 4.69) is 46.1 Å². The number of carbonyl (C=O) groups excluding carboxylic acids is 3. The third-order valence-electron chi connectivity index (χ3n) is 5.40. The van der Waals surface area contributed by atoms with Crippen LogP contribution in [-0.4, -0.2) is 27.4 Å². The molecular weight excluding hydrogens is 392 g/mol. The highest BCUT2D eigenvalue weighted by molar-refractivity contribution is 6.39. The van der Waals surface area contributed by atoms with Gasteiger partial charge < -0.3 is 4.57 Å². The first-order chi connectivity index (χ1) is 14.9. The van der Waals surface area contributed by atoms with Gasteiger partial charge in [-0.25, -0.2) is 9.69 Å². The summed E-state index contributed by atoms with van der Waals surface area (Å²) in [6, 6.07) is 12.5. The second-order valence-corrected chi connectivity index (χ2v) is 7.35. The highest BCUT2D eigenvalue weighted by Crippen LogP contribution is 2.26. The lowest BCUT2D eigenvalue weighted by molar-refractivity contribution is -0.122. The smallest absolute Gasteiger partial charge is 0.318 e. The predicted molar refractivity (Wildman–Crippen MR) is 118 cm³/mol. The van der Waals surface area contributed by atoms with E-state index < -0.39 is 17.8 Å². The number of urea groups is 1. The van der Waals surface area contributed by atoms with E-state index in [1.807, 2.05) is 19.9 Å². The van der Waals surface area contributed by atoms with Crippen molar-refractivity contribution in [2.24, 2.45) is 0 Å². The number of benzene rings is 1. The van der Waals surface area contributed by atoms with Gasteiger partial charge in [-0.3, -0.25) is 19.9 Å². The van der Waals surface area contributed by atoms with E-state index in [0.717, 1.165) is 34.0 Å². The lowest BCUT2D eigenvalue weighted by Gasteiger charge is -2.26. The third-order valence-corrected chi connectivity index (χ3v) is 5.40. The number of aryl methyl sites for hydroxylation is 2.